The van der Waals surface area contributed by atoms with Crippen molar-refractivity contribution >= 4 is 16.8 Å². The fourth-order valence-corrected chi connectivity index (χ4v) is 3.14. The Labute approximate surface area is 158 Å². The standard InChI is InChI=1S/C21H24N4O2/c1-15-8-7-11-17-20(15)23-14-25(21(17)27)13-19(26)22-12-18(24(2)3)16-9-5-4-6-10-16/h4-11,14,18H,12-13H2,1-3H3,(H,22,26). The maximum absolute atomic E-state index is 12.6. The van der Waals surface area contributed by atoms with Crippen LogP contribution in [-0.4, -0.2) is 41.0 Å². The topological polar surface area (TPSA) is 67.2 Å². The Hall–Kier alpha value is -2.99. The van der Waals surface area contributed by atoms with Gasteiger partial charge in [0.1, 0.15) is 6.54 Å². The van der Waals surface area contributed by atoms with Gasteiger partial charge in [-0.05, 0) is 38.2 Å². The fourth-order valence-electron chi connectivity index (χ4n) is 3.14. The highest BCUT2D eigenvalue weighted by Crippen LogP contribution is 2.16. The van der Waals surface area contributed by atoms with E-state index in [1.165, 1.54) is 10.9 Å². The highest BCUT2D eigenvalue weighted by atomic mass is 16.2. The number of carbonyl (C=O) groups excluding carboxylic acids is 1. The molecule has 1 aromatic heterocycles. The number of carbonyl (C=O) groups is 1. The van der Waals surface area contributed by atoms with Crippen LogP contribution in [0.2, 0.25) is 0 Å². The van der Waals surface area contributed by atoms with Gasteiger partial charge in [-0.25, -0.2) is 4.98 Å². The molecule has 0 radical (unpaired) electrons. The van der Waals surface area contributed by atoms with Crippen LogP contribution in [-0.2, 0) is 11.3 Å². The maximum atomic E-state index is 12.6. The Kier molecular flexibility index (Phi) is 5.66. The molecule has 3 aromatic rings. The van der Waals surface area contributed by atoms with Crippen molar-refractivity contribution < 1.29 is 4.79 Å². The number of hydrogen-bond acceptors (Lipinski definition) is 4. The summed E-state index contributed by atoms with van der Waals surface area (Å²) in [5.74, 6) is -0.214. The maximum Gasteiger partial charge on any atom is 0.261 e. The van der Waals surface area contributed by atoms with Gasteiger partial charge < -0.3 is 10.2 Å². The quantitative estimate of drug-likeness (QED) is 0.728. The van der Waals surface area contributed by atoms with Crippen molar-refractivity contribution in [3.05, 3.63) is 76.3 Å². The predicted octanol–water partition coefficient (Wildman–Crippen LogP) is 2.12. The molecule has 3 rings (SSSR count). The van der Waals surface area contributed by atoms with E-state index in [0.29, 0.717) is 17.4 Å². The second-order valence-corrected chi connectivity index (χ2v) is 6.84. The van der Waals surface area contributed by atoms with Crippen LogP contribution in [0.25, 0.3) is 10.9 Å². The van der Waals surface area contributed by atoms with Gasteiger partial charge in [0.2, 0.25) is 5.91 Å². The van der Waals surface area contributed by atoms with E-state index in [0.717, 1.165) is 11.1 Å². The molecule has 1 atom stereocenters. The van der Waals surface area contributed by atoms with Crippen LogP contribution < -0.4 is 10.9 Å². The lowest BCUT2D eigenvalue weighted by Crippen LogP contribution is -2.37. The van der Waals surface area contributed by atoms with Gasteiger partial charge in [-0.2, -0.15) is 0 Å². The number of likely N-dealkylation sites (N-methyl/N-ethyl adjacent to an activating group) is 1. The molecule has 1 amide bonds. The lowest BCUT2D eigenvalue weighted by Gasteiger charge is -2.25. The Morgan fingerprint density at radius 2 is 1.89 bits per heavy atom. The molecule has 1 N–H and O–H groups in total. The molecular weight excluding hydrogens is 340 g/mol. The van der Waals surface area contributed by atoms with Gasteiger partial charge in [0.25, 0.3) is 5.56 Å². The molecule has 140 valence electrons. The van der Waals surface area contributed by atoms with Crippen LogP contribution in [0.1, 0.15) is 17.2 Å². The zero-order chi connectivity index (χ0) is 19.4. The number of benzene rings is 2. The number of nitrogens with zero attached hydrogens (tertiary/aromatic N) is 3. The van der Waals surface area contributed by atoms with Gasteiger partial charge >= 0.3 is 0 Å². The number of para-hydroxylation sites is 1. The van der Waals surface area contributed by atoms with E-state index >= 15 is 0 Å². The highest BCUT2D eigenvalue weighted by Gasteiger charge is 2.15. The fraction of sp³-hybridized carbons (Fsp3) is 0.286. The van der Waals surface area contributed by atoms with Crippen LogP contribution in [0, 0.1) is 6.92 Å². The summed E-state index contributed by atoms with van der Waals surface area (Å²) in [6.45, 7) is 2.33. The third-order valence-corrected chi connectivity index (χ3v) is 4.67. The molecule has 27 heavy (non-hydrogen) atoms. The Bertz CT molecular complexity index is 996. The van der Waals surface area contributed by atoms with E-state index < -0.39 is 0 Å². The first-order valence-electron chi connectivity index (χ1n) is 8.90. The number of aromatic nitrogens is 2. The number of aryl methyl sites for hydroxylation is 1. The summed E-state index contributed by atoms with van der Waals surface area (Å²) < 4.78 is 1.35. The summed E-state index contributed by atoms with van der Waals surface area (Å²) >= 11 is 0. The van der Waals surface area contributed by atoms with Crippen LogP contribution in [0.3, 0.4) is 0 Å². The molecule has 1 unspecified atom stereocenters. The van der Waals surface area contributed by atoms with Crippen molar-refractivity contribution in [1.29, 1.82) is 0 Å². The first-order chi connectivity index (χ1) is 13.0. The summed E-state index contributed by atoms with van der Waals surface area (Å²) in [7, 11) is 3.95. The van der Waals surface area contributed by atoms with Crippen molar-refractivity contribution in [3.63, 3.8) is 0 Å². The average molecular weight is 364 g/mol. The molecule has 0 fully saturated rings. The minimum Gasteiger partial charge on any atom is -0.353 e. The number of nitrogens with one attached hydrogen (secondary N) is 1. The zero-order valence-electron chi connectivity index (χ0n) is 15.8. The van der Waals surface area contributed by atoms with Crippen LogP contribution >= 0.6 is 0 Å². The predicted molar refractivity (Wildman–Crippen MR) is 107 cm³/mol. The van der Waals surface area contributed by atoms with Gasteiger partial charge in [0, 0.05) is 6.54 Å². The molecule has 6 nitrogen and oxygen atoms in total. The van der Waals surface area contributed by atoms with Crippen molar-refractivity contribution in [1.82, 2.24) is 19.8 Å². The Morgan fingerprint density at radius 3 is 2.59 bits per heavy atom. The molecule has 0 bridgehead atoms. The molecular formula is C21H24N4O2. The minimum absolute atomic E-state index is 0.0509. The SMILES string of the molecule is Cc1cccc2c(=O)n(CC(=O)NCC(c3ccccc3)N(C)C)cnc12. The van der Waals surface area contributed by atoms with E-state index in [2.05, 4.69) is 15.2 Å². The molecule has 0 spiro atoms. The van der Waals surface area contributed by atoms with Crippen LogP contribution in [0.4, 0.5) is 0 Å². The highest BCUT2D eigenvalue weighted by molar-refractivity contribution is 5.81. The summed E-state index contributed by atoms with van der Waals surface area (Å²) in [6.07, 6.45) is 1.44. The third-order valence-electron chi connectivity index (χ3n) is 4.67. The first-order valence-corrected chi connectivity index (χ1v) is 8.90. The van der Waals surface area contributed by atoms with E-state index in [-0.39, 0.29) is 24.1 Å². The molecule has 0 aliphatic carbocycles. The summed E-state index contributed by atoms with van der Waals surface area (Å²) in [5, 5.41) is 3.46. The van der Waals surface area contributed by atoms with Crippen molar-refractivity contribution in [2.45, 2.75) is 19.5 Å². The van der Waals surface area contributed by atoms with Crippen LogP contribution in [0.5, 0.6) is 0 Å². The molecule has 0 saturated heterocycles. The lowest BCUT2D eigenvalue weighted by molar-refractivity contribution is -0.121. The Balaban J connectivity index is 1.71. The van der Waals surface area contributed by atoms with E-state index in [9.17, 15) is 9.59 Å². The van der Waals surface area contributed by atoms with Gasteiger partial charge in [-0.15, -0.1) is 0 Å². The van der Waals surface area contributed by atoms with Gasteiger partial charge in [0.15, 0.2) is 0 Å². The number of rotatable bonds is 6. The summed E-state index contributed by atoms with van der Waals surface area (Å²) in [4.78, 5) is 31.4. The number of fused-ring (bicyclic) bond motifs is 1. The van der Waals surface area contributed by atoms with Crippen LogP contribution in [0.15, 0.2) is 59.7 Å². The summed E-state index contributed by atoms with van der Waals surface area (Å²) in [6, 6.07) is 15.5. The Morgan fingerprint density at radius 1 is 1.15 bits per heavy atom. The number of hydrogen-bond donors (Lipinski definition) is 1. The van der Waals surface area contributed by atoms with Gasteiger partial charge in [0.05, 0.1) is 23.3 Å². The van der Waals surface area contributed by atoms with Gasteiger partial charge in [-0.3, -0.25) is 14.2 Å². The van der Waals surface area contributed by atoms with E-state index in [1.54, 1.807) is 6.07 Å². The second-order valence-electron chi connectivity index (χ2n) is 6.84. The third kappa shape index (κ3) is 4.23. The molecule has 0 aliphatic rings. The average Bonchev–Trinajstić information content (AvgIpc) is 2.65. The smallest absolute Gasteiger partial charge is 0.261 e. The summed E-state index contributed by atoms with van der Waals surface area (Å²) in [5.41, 5.74) is 2.54. The van der Waals surface area contributed by atoms with Crippen molar-refractivity contribution in [3.8, 4) is 0 Å². The largest absolute Gasteiger partial charge is 0.353 e. The molecule has 6 heteroatoms. The minimum atomic E-state index is -0.214. The zero-order valence-corrected chi connectivity index (χ0v) is 15.8. The van der Waals surface area contributed by atoms with E-state index in [1.807, 2.05) is 63.5 Å². The second kappa shape index (κ2) is 8.14. The first kappa shape index (κ1) is 18.8. The normalized spacial score (nSPS) is 12.3. The van der Waals surface area contributed by atoms with Crippen molar-refractivity contribution in [2.24, 2.45) is 0 Å². The van der Waals surface area contributed by atoms with Crippen molar-refractivity contribution in [2.75, 3.05) is 20.6 Å². The molecule has 0 aliphatic heterocycles. The molecule has 2 aromatic carbocycles. The number of amides is 1. The van der Waals surface area contributed by atoms with Gasteiger partial charge in [-0.1, -0.05) is 42.5 Å². The van der Waals surface area contributed by atoms with E-state index in [4.69, 9.17) is 0 Å². The molecule has 0 saturated carbocycles. The lowest BCUT2D eigenvalue weighted by atomic mass is 10.1. The monoisotopic (exact) mass is 364 g/mol. The molecule has 1 heterocycles.